The van der Waals surface area contributed by atoms with E-state index in [0.29, 0.717) is 13.0 Å². The fourth-order valence-corrected chi connectivity index (χ4v) is 1.52. The van der Waals surface area contributed by atoms with Crippen LogP contribution in [-0.4, -0.2) is 52.5 Å². The minimum Gasteiger partial charge on any atom is -0.395 e. The molecule has 0 spiro atoms. The lowest BCUT2D eigenvalue weighted by Gasteiger charge is -2.20. The number of aliphatic hydroxyl groups excluding tert-OH is 1. The third-order valence-electron chi connectivity index (χ3n) is 2.29. The molecule has 0 saturated heterocycles. The normalized spacial score (nSPS) is 11.6. The highest BCUT2D eigenvalue weighted by atomic mass is 19.3. The summed E-state index contributed by atoms with van der Waals surface area (Å²) in [5.74, 6) is 0. The monoisotopic (exact) mass is 233 g/mol. The summed E-state index contributed by atoms with van der Waals surface area (Å²) in [7, 11) is 1.81. The van der Waals surface area contributed by atoms with Gasteiger partial charge in [-0.2, -0.15) is 5.10 Å². The molecular weight excluding hydrogens is 216 g/mol. The predicted octanol–water partition coefficient (Wildman–Crippen LogP) is 0.522. The van der Waals surface area contributed by atoms with Gasteiger partial charge in [0.15, 0.2) is 0 Å². The molecule has 0 aliphatic carbocycles. The lowest BCUT2D eigenvalue weighted by atomic mass is 10.2. The van der Waals surface area contributed by atoms with Gasteiger partial charge in [-0.1, -0.05) is 0 Å². The van der Waals surface area contributed by atoms with Gasteiger partial charge in [0.25, 0.3) is 6.43 Å². The third kappa shape index (κ3) is 4.67. The van der Waals surface area contributed by atoms with Gasteiger partial charge in [0.1, 0.15) is 0 Å². The van der Waals surface area contributed by atoms with E-state index in [2.05, 4.69) is 5.10 Å². The summed E-state index contributed by atoms with van der Waals surface area (Å²) < 4.78 is 26.1. The van der Waals surface area contributed by atoms with Gasteiger partial charge >= 0.3 is 0 Å². The quantitative estimate of drug-likeness (QED) is 0.746. The maximum absolute atomic E-state index is 12.2. The number of halogens is 2. The summed E-state index contributed by atoms with van der Waals surface area (Å²) in [6.07, 6.45) is 1.89. The summed E-state index contributed by atoms with van der Waals surface area (Å²) in [5, 5.41) is 12.7. The minimum absolute atomic E-state index is 0.0975. The molecule has 0 aliphatic rings. The number of nitrogens with zero attached hydrogens (tertiary/aromatic N) is 3. The van der Waals surface area contributed by atoms with Gasteiger partial charge in [0, 0.05) is 26.3 Å². The Hall–Kier alpha value is -1.01. The molecule has 4 nitrogen and oxygen atoms in total. The fraction of sp³-hybridized carbons (Fsp3) is 0.700. The molecule has 6 heteroatoms. The van der Waals surface area contributed by atoms with Crippen LogP contribution in [0.2, 0.25) is 0 Å². The van der Waals surface area contributed by atoms with Crippen molar-refractivity contribution >= 4 is 0 Å². The average Bonchev–Trinajstić information content (AvgIpc) is 2.60. The highest BCUT2D eigenvalue weighted by Crippen LogP contribution is 2.02. The van der Waals surface area contributed by atoms with Gasteiger partial charge in [0.05, 0.1) is 19.3 Å². The van der Waals surface area contributed by atoms with Gasteiger partial charge < -0.3 is 5.11 Å². The van der Waals surface area contributed by atoms with Crippen molar-refractivity contribution in [1.82, 2.24) is 14.7 Å². The highest BCUT2D eigenvalue weighted by molar-refractivity contribution is 5.03. The molecule has 0 aromatic carbocycles. The van der Waals surface area contributed by atoms with Gasteiger partial charge in [-0.25, -0.2) is 8.78 Å². The van der Waals surface area contributed by atoms with Crippen LogP contribution in [-0.2, 0) is 13.5 Å². The average molecular weight is 233 g/mol. The van der Waals surface area contributed by atoms with Gasteiger partial charge in [-0.05, 0) is 12.0 Å². The van der Waals surface area contributed by atoms with Crippen LogP contribution in [0, 0.1) is 0 Å². The van der Waals surface area contributed by atoms with Crippen molar-refractivity contribution in [1.29, 1.82) is 0 Å². The molecule has 16 heavy (non-hydrogen) atoms. The first-order valence-electron chi connectivity index (χ1n) is 5.20. The lowest BCUT2D eigenvalue weighted by molar-refractivity contribution is 0.0789. The van der Waals surface area contributed by atoms with E-state index in [0.717, 1.165) is 5.56 Å². The molecule has 0 saturated carbocycles. The second-order valence-corrected chi connectivity index (χ2v) is 3.69. The lowest BCUT2D eigenvalue weighted by Crippen LogP contribution is -2.33. The van der Waals surface area contributed by atoms with E-state index in [-0.39, 0.29) is 19.7 Å². The molecule has 0 amide bonds. The molecule has 0 fully saturated rings. The Kier molecular flexibility index (Phi) is 5.34. The third-order valence-corrected chi connectivity index (χ3v) is 2.29. The summed E-state index contributed by atoms with van der Waals surface area (Å²) in [5.41, 5.74) is 1.01. The molecule has 1 N–H and O–H groups in total. The van der Waals surface area contributed by atoms with Crippen molar-refractivity contribution in [3.8, 4) is 0 Å². The smallest absolute Gasteiger partial charge is 0.251 e. The molecule has 1 rings (SSSR count). The summed E-state index contributed by atoms with van der Waals surface area (Å²) in [4.78, 5) is 1.55. The van der Waals surface area contributed by atoms with Gasteiger partial charge in [0.2, 0.25) is 0 Å². The van der Waals surface area contributed by atoms with Crippen LogP contribution < -0.4 is 0 Å². The first-order valence-corrected chi connectivity index (χ1v) is 5.20. The van der Waals surface area contributed by atoms with Crippen molar-refractivity contribution in [2.24, 2.45) is 7.05 Å². The number of aromatic nitrogens is 2. The first-order chi connectivity index (χ1) is 7.61. The van der Waals surface area contributed by atoms with Crippen molar-refractivity contribution < 1.29 is 13.9 Å². The Labute approximate surface area is 93.5 Å². The second kappa shape index (κ2) is 6.55. The van der Waals surface area contributed by atoms with Crippen molar-refractivity contribution in [3.63, 3.8) is 0 Å². The Morgan fingerprint density at radius 2 is 2.25 bits per heavy atom. The summed E-state index contributed by atoms with van der Waals surface area (Å²) in [6.45, 7) is 0.405. The number of hydrogen-bond donors (Lipinski definition) is 1. The van der Waals surface area contributed by atoms with Crippen LogP contribution in [0.3, 0.4) is 0 Å². The standard InChI is InChI=1S/C10H17F2N3O/c1-14-7-9(6-13-14)2-3-15(4-5-16)8-10(11)12/h6-7,10,16H,2-5,8H2,1H3. The van der Waals surface area contributed by atoms with Crippen LogP contribution in [0.5, 0.6) is 0 Å². The molecule has 0 aliphatic heterocycles. The Morgan fingerprint density at radius 1 is 1.50 bits per heavy atom. The van der Waals surface area contributed by atoms with E-state index in [1.165, 1.54) is 0 Å². The highest BCUT2D eigenvalue weighted by Gasteiger charge is 2.11. The van der Waals surface area contributed by atoms with Crippen LogP contribution in [0.1, 0.15) is 5.56 Å². The first kappa shape index (κ1) is 13.1. The molecule has 0 radical (unpaired) electrons. The zero-order valence-corrected chi connectivity index (χ0v) is 9.31. The largest absolute Gasteiger partial charge is 0.395 e. The topological polar surface area (TPSA) is 41.3 Å². The molecule has 0 atom stereocenters. The molecule has 1 aromatic rings. The van der Waals surface area contributed by atoms with Crippen LogP contribution in [0.15, 0.2) is 12.4 Å². The maximum atomic E-state index is 12.2. The molecular formula is C10H17F2N3O. The number of aryl methyl sites for hydroxylation is 1. The zero-order valence-electron chi connectivity index (χ0n) is 9.31. The molecule has 0 unspecified atom stereocenters. The predicted molar refractivity (Wildman–Crippen MR) is 56.4 cm³/mol. The van der Waals surface area contributed by atoms with E-state index in [1.807, 2.05) is 13.2 Å². The zero-order chi connectivity index (χ0) is 12.0. The maximum Gasteiger partial charge on any atom is 0.251 e. The van der Waals surface area contributed by atoms with Crippen LogP contribution in [0.25, 0.3) is 0 Å². The van der Waals surface area contributed by atoms with Crippen LogP contribution >= 0.6 is 0 Å². The van der Waals surface area contributed by atoms with E-state index < -0.39 is 6.43 Å². The fourth-order valence-electron chi connectivity index (χ4n) is 1.52. The SMILES string of the molecule is Cn1cc(CCN(CCO)CC(F)F)cn1. The van der Waals surface area contributed by atoms with E-state index >= 15 is 0 Å². The van der Waals surface area contributed by atoms with E-state index in [1.54, 1.807) is 15.8 Å². The van der Waals surface area contributed by atoms with Crippen molar-refractivity contribution in [3.05, 3.63) is 18.0 Å². The number of alkyl halides is 2. The molecule has 1 aromatic heterocycles. The van der Waals surface area contributed by atoms with Gasteiger partial charge in [-0.15, -0.1) is 0 Å². The second-order valence-electron chi connectivity index (χ2n) is 3.69. The van der Waals surface area contributed by atoms with Crippen molar-refractivity contribution in [2.45, 2.75) is 12.8 Å². The minimum atomic E-state index is -2.36. The van der Waals surface area contributed by atoms with E-state index in [4.69, 9.17) is 5.11 Å². The number of hydrogen-bond acceptors (Lipinski definition) is 3. The Balaban J connectivity index is 2.36. The summed E-state index contributed by atoms with van der Waals surface area (Å²) >= 11 is 0. The molecule has 0 bridgehead atoms. The number of rotatable bonds is 7. The number of aliphatic hydroxyl groups is 1. The molecule has 92 valence electrons. The van der Waals surface area contributed by atoms with E-state index in [9.17, 15) is 8.78 Å². The summed E-state index contributed by atoms with van der Waals surface area (Å²) in [6, 6.07) is 0. The molecule has 1 heterocycles. The van der Waals surface area contributed by atoms with Crippen molar-refractivity contribution in [2.75, 3.05) is 26.2 Å². The Bertz CT molecular complexity index is 304. The van der Waals surface area contributed by atoms with Crippen LogP contribution in [0.4, 0.5) is 8.78 Å². The Morgan fingerprint density at radius 3 is 2.75 bits per heavy atom. The van der Waals surface area contributed by atoms with Gasteiger partial charge in [-0.3, -0.25) is 9.58 Å².